The summed E-state index contributed by atoms with van der Waals surface area (Å²) in [6.45, 7) is 0.892. The molecule has 1 fully saturated rings. The van der Waals surface area contributed by atoms with Gasteiger partial charge < -0.3 is 10.0 Å². The van der Waals surface area contributed by atoms with Crippen LogP contribution in [0.25, 0.3) is 0 Å². The number of aromatic nitrogens is 2. The van der Waals surface area contributed by atoms with Crippen LogP contribution in [0, 0.1) is 6.92 Å². The molecule has 1 aliphatic rings. The molecule has 0 aromatic carbocycles. The van der Waals surface area contributed by atoms with Crippen LogP contribution in [0.15, 0.2) is 6.20 Å². The first-order valence-corrected chi connectivity index (χ1v) is 5.84. The number of alkyl halides is 3. The predicted octanol–water partition coefficient (Wildman–Crippen LogP) is 0.961. The highest BCUT2D eigenvalue weighted by Gasteiger charge is 2.31. The topological polar surface area (TPSA) is 58.4 Å². The van der Waals surface area contributed by atoms with E-state index in [1.54, 1.807) is 0 Å². The number of hydrogen-bond acceptors (Lipinski definition) is 3. The minimum atomic E-state index is -4.37. The molecule has 19 heavy (non-hydrogen) atoms. The maximum absolute atomic E-state index is 12.2. The van der Waals surface area contributed by atoms with Crippen molar-refractivity contribution in [2.45, 2.75) is 32.2 Å². The monoisotopic (exact) mass is 277 g/mol. The Hall–Kier alpha value is -1.57. The van der Waals surface area contributed by atoms with Crippen LogP contribution in [0.3, 0.4) is 0 Å². The number of β-amino-alcohol motifs (C(OH)–C–C–N with tert-alkyl or cyclic N) is 1. The lowest BCUT2D eigenvalue weighted by Crippen LogP contribution is -2.29. The summed E-state index contributed by atoms with van der Waals surface area (Å²) in [6.07, 6.45) is -3.34. The second kappa shape index (κ2) is 4.84. The van der Waals surface area contributed by atoms with Crippen molar-refractivity contribution in [1.29, 1.82) is 0 Å². The lowest BCUT2D eigenvalue weighted by Gasteiger charge is -2.14. The highest BCUT2D eigenvalue weighted by atomic mass is 19.4. The summed E-state index contributed by atoms with van der Waals surface area (Å²) >= 11 is 0. The van der Waals surface area contributed by atoms with Gasteiger partial charge in [-0.3, -0.25) is 9.48 Å². The molecule has 0 spiro atoms. The molecule has 0 radical (unpaired) electrons. The Kier molecular flexibility index (Phi) is 3.53. The zero-order valence-electron chi connectivity index (χ0n) is 10.3. The first-order valence-electron chi connectivity index (χ1n) is 5.84. The molecule has 5 nitrogen and oxygen atoms in total. The summed E-state index contributed by atoms with van der Waals surface area (Å²) in [6, 6.07) is 0. The summed E-state index contributed by atoms with van der Waals surface area (Å²) < 4.78 is 37.5. The standard InChI is InChI=1S/C11H14F3N3O2/c1-7-9(5-17(15-7)6-11(12,13)14)10(19)16-3-2-8(18)4-16/h5,8,18H,2-4,6H2,1H3/t8-/m1/s1. The van der Waals surface area contributed by atoms with E-state index in [9.17, 15) is 23.1 Å². The van der Waals surface area contributed by atoms with Crippen molar-refractivity contribution < 1.29 is 23.1 Å². The third-order valence-electron chi connectivity index (χ3n) is 2.97. The van der Waals surface area contributed by atoms with Crippen LogP contribution in [0.1, 0.15) is 22.5 Å². The van der Waals surface area contributed by atoms with E-state index in [-0.39, 0.29) is 23.7 Å². The van der Waals surface area contributed by atoms with Crippen molar-refractivity contribution in [1.82, 2.24) is 14.7 Å². The number of aryl methyl sites for hydroxylation is 1. The van der Waals surface area contributed by atoms with Crippen LogP contribution in [0.4, 0.5) is 13.2 Å². The molecule has 1 amide bonds. The van der Waals surface area contributed by atoms with E-state index in [1.165, 1.54) is 11.8 Å². The molecular formula is C11H14F3N3O2. The Morgan fingerprint density at radius 3 is 2.79 bits per heavy atom. The summed E-state index contributed by atoms with van der Waals surface area (Å²) in [7, 11) is 0. The van der Waals surface area contributed by atoms with Gasteiger partial charge in [-0.1, -0.05) is 0 Å². The molecule has 2 heterocycles. The molecule has 0 bridgehead atoms. The van der Waals surface area contributed by atoms with Crippen LogP contribution in [0.2, 0.25) is 0 Å². The molecule has 1 atom stereocenters. The molecule has 106 valence electrons. The molecule has 0 aliphatic carbocycles. The van der Waals surface area contributed by atoms with Gasteiger partial charge in [0.1, 0.15) is 6.54 Å². The minimum Gasteiger partial charge on any atom is -0.391 e. The molecule has 1 N–H and O–H groups in total. The molecule has 8 heteroatoms. The van der Waals surface area contributed by atoms with Crippen LogP contribution in [0.5, 0.6) is 0 Å². The number of nitrogens with zero attached hydrogens (tertiary/aromatic N) is 3. The highest BCUT2D eigenvalue weighted by molar-refractivity contribution is 5.95. The second-order valence-electron chi connectivity index (χ2n) is 4.63. The van der Waals surface area contributed by atoms with Crippen molar-refractivity contribution in [3.63, 3.8) is 0 Å². The summed E-state index contributed by atoms with van der Waals surface area (Å²) in [5, 5.41) is 13.1. The molecule has 0 saturated carbocycles. The zero-order chi connectivity index (χ0) is 14.2. The van der Waals surface area contributed by atoms with Gasteiger partial charge in [0.25, 0.3) is 5.91 Å². The molecule has 1 saturated heterocycles. The van der Waals surface area contributed by atoms with Gasteiger partial charge >= 0.3 is 6.18 Å². The summed E-state index contributed by atoms with van der Waals surface area (Å²) in [5.41, 5.74) is 0.411. The number of aliphatic hydroxyl groups is 1. The maximum Gasteiger partial charge on any atom is 0.408 e. The van der Waals surface area contributed by atoms with Crippen LogP contribution < -0.4 is 0 Å². The Balaban J connectivity index is 2.14. The number of halogens is 3. The first-order chi connectivity index (χ1) is 8.76. The van der Waals surface area contributed by atoms with Crippen molar-refractivity contribution in [2.24, 2.45) is 0 Å². The van der Waals surface area contributed by atoms with E-state index in [2.05, 4.69) is 5.10 Å². The number of hydrogen-bond donors (Lipinski definition) is 1. The van der Waals surface area contributed by atoms with Gasteiger partial charge in [0.15, 0.2) is 0 Å². The molecule has 2 rings (SSSR count). The van der Waals surface area contributed by atoms with Crippen molar-refractivity contribution in [3.8, 4) is 0 Å². The number of amides is 1. The predicted molar refractivity (Wildman–Crippen MR) is 59.5 cm³/mol. The smallest absolute Gasteiger partial charge is 0.391 e. The lowest BCUT2D eigenvalue weighted by atomic mass is 10.2. The quantitative estimate of drug-likeness (QED) is 0.876. The van der Waals surface area contributed by atoms with Crippen molar-refractivity contribution in [2.75, 3.05) is 13.1 Å². The largest absolute Gasteiger partial charge is 0.408 e. The van der Waals surface area contributed by atoms with Crippen molar-refractivity contribution >= 4 is 5.91 Å². The number of carbonyl (C=O) groups is 1. The summed E-state index contributed by atoms with van der Waals surface area (Å²) in [5.74, 6) is -0.387. The fourth-order valence-electron chi connectivity index (χ4n) is 2.09. The van der Waals surface area contributed by atoms with E-state index in [0.717, 1.165) is 10.9 Å². The summed E-state index contributed by atoms with van der Waals surface area (Å²) in [4.78, 5) is 13.5. The fraction of sp³-hybridized carbons (Fsp3) is 0.636. The SMILES string of the molecule is Cc1nn(CC(F)(F)F)cc1C(=O)N1CC[C@@H](O)C1. The Morgan fingerprint density at radius 2 is 2.26 bits per heavy atom. The highest BCUT2D eigenvalue weighted by Crippen LogP contribution is 2.20. The number of rotatable bonds is 2. The molecule has 1 aliphatic heterocycles. The number of likely N-dealkylation sites (tertiary alicyclic amines) is 1. The molecule has 1 aromatic rings. The Bertz CT molecular complexity index is 484. The lowest BCUT2D eigenvalue weighted by molar-refractivity contribution is -0.142. The van der Waals surface area contributed by atoms with Gasteiger partial charge in [-0.2, -0.15) is 18.3 Å². The van der Waals surface area contributed by atoms with E-state index < -0.39 is 18.8 Å². The third-order valence-corrected chi connectivity index (χ3v) is 2.97. The fourth-order valence-corrected chi connectivity index (χ4v) is 2.09. The van der Waals surface area contributed by atoms with E-state index >= 15 is 0 Å². The van der Waals surface area contributed by atoms with E-state index in [0.29, 0.717) is 13.0 Å². The average Bonchev–Trinajstić information content (AvgIpc) is 2.82. The number of carbonyl (C=O) groups excluding carboxylic acids is 1. The zero-order valence-corrected chi connectivity index (χ0v) is 10.3. The maximum atomic E-state index is 12.2. The van der Waals surface area contributed by atoms with Crippen LogP contribution >= 0.6 is 0 Å². The molecular weight excluding hydrogens is 263 g/mol. The van der Waals surface area contributed by atoms with Crippen LogP contribution in [-0.4, -0.2) is 51.1 Å². The Labute approximate surface area is 107 Å². The minimum absolute atomic E-state index is 0.151. The van der Waals surface area contributed by atoms with Crippen molar-refractivity contribution in [3.05, 3.63) is 17.5 Å². The van der Waals surface area contributed by atoms with Gasteiger partial charge in [-0.15, -0.1) is 0 Å². The van der Waals surface area contributed by atoms with Gasteiger partial charge in [0, 0.05) is 19.3 Å². The second-order valence-corrected chi connectivity index (χ2v) is 4.63. The van der Waals surface area contributed by atoms with E-state index in [1.807, 2.05) is 0 Å². The molecule has 1 aromatic heterocycles. The van der Waals surface area contributed by atoms with Crippen LogP contribution in [-0.2, 0) is 6.54 Å². The number of aliphatic hydroxyl groups excluding tert-OH is 1. The van der Waals surface area contributed by atoms with Gasteiger partial charge in [-0.25, -0.2) is 0 Å². The van der Waals surface area contributed by atoms with Gasteiger partial charge in [0.2, 0.25) is 0 Å². The van der Waals surface area contributed by atoms with E-state index in [4.69, 9.17) is 0 Å². The third kappa shape index (κ3) is 3.25. The first kappa shape index (κ1) is 13.9. The van der Waals surface area contributed by atoms with Gasteiger partial charge in [0.05, 0.1) is 17.4 Å². The molecule has 0 unspecified atom stereocenters. The average molecular weight is 277 g/mol. The normalized spacial score (nSPS) is 20.1. The Morgan fingerprint density at radius 1 is 1.58 bits per heavy atom. The van der Waals surface area contributed by atoms with Gasteiger partial charge in [-0.05, 0) is 13.3 Å².